The minimum absolute atomic E-state index is 0.00387. The van der Waals surface area contributed by atoms with Crippen molar-refractivity contribution in [1.29, 1.82) is 0 Å². The van der Waals surface area contributed by atoms with E-state index in [0.29, 0.717) is 16.8 Å². The summed E-state index contributed by atoms with van der Waals surface area (Å²) in [6, 6.07) is 2.16. The highest BCUT2D eigenvalue weighted by atomic mass is 35.5. The molecular weight excluding hydrogens is 519 g/mol. The third-order valence-electron chi connectivity index (χ3n) is 4.42. The Morgan fingerprint density at radius 1 is 1.14 bits per heavy atom. The molecule has 14 heteroatoms. The highest BCUT2D eigenvalue weighted by Crippen LogP contribution is 2.35. The third-order valence-corrected chi connectivity index (χ3v) is 5.72. The van der Waals surface area contributed by atoms with Crippen molar-refractivity contribution in [3.8, 4) is 0 Å². The van der Waals surface area contributed by atoms with Crippen LogP contribution in [0.3, 0.4) is 0 Å². The number of hydrogen-bond acceptors (Lipinski definition) is 8. The van der Waals surface area contributed by atoms with Gasteiger partial charge in [0.05, 0.1) is 29.0 Å². The average molecular weight is 536 g/mol. The fourth-order valence-corrected chi connectivity index (χ4v) is 3.64. The Hall–Kier alpha value is -3.97. The molecule has 3 aromatic heterocycles. The second-order valence-electron chi connectivity index (χ2n) is 6.96. The number of carbonyl (C=O) groups excluding carboxylic acids is 2. The summed E-state index contributed by atoms with van der Waals surface area (Å²) in [5.74, 6) is -1.52. The van der Waals surface area contributed by atoms with Crippen LogP contribution in [0.25, 0.3) is 5.57 Å². The molecule has 0 aromatic carbocycles. The Morgan fingerprint density at radius 2 is 1.89 bits per heavy atom. The molecule has 2 amide bonds. The molecule has 0 radical (unpaired) electrons. The summed E-state index contributed by atoms with van der Waals surface area (Å²) >= 11 is 6.49. The minimum atomic E-state index is -4.70. The van der Waals surface area contributed by atoms with Crippen LogP contribution in [0.15, 0.2) is 54.2 Å². The Balaban J connectivity index is 1.62. The molecule has 0 bridgehead atoms. The van der Waals surface area contributed by atoms with Gasteiger partial charge in [-0.25, -0.2) is 19.9 Å². The maximum atomic E-state index is 13.0. The Kier molecular flexibility index (Phi) is 8.61. The number of alkyl halides is 3. The first kappa shape index (κ1) is 26.6. The zero-order chi connectivity index (χ0) is 26.3. The summed E-state index contributed by atoms with van der Waals surface area (Å²) in [4.78, 5) is 44.5. The van der Waals surface area contributed by atoms with Gasteiger partial charge in [-0.1, -0.05) is 17.7 Å². The van der Waals surface area contributed by atoms with Crippen LogP contribution < -0.4 is 10.6 Å². The monoisotopic (exact) mass is 535 g/mol. The molecule has 9 nitrogen and oxygen atoms in total. The number of allylic oxidation sites excluding steroid dienone is 3. The van der Waals surface area contributed by atoms with E-state index in [-0.39, 0.29) is 22.9 Å². The van der Waals surface area contributed by atoms with Gasteiger partial charge in [-0.15, -0.1) is 11.3 Å². The first-order chi connectivity index (χ1) is 17.1. The number of rotatable bonds is 8. The Morgan fingerprint density at radius 3 is 2.61 bits per heavy atom. The van der Waals surface area contributed by atoms with Gasteiger partial charge in [0.2, 0.25) is 0 Å². The van der Waals surface area contributed by atoms with Crippen LogP contribution in [-0.4, -0.2) is 38.5 Å². The van der Waals surface area contributed by atoms with Crippen molar-refractivity contribution < 1.29 is 22.8 Å². The van der Waals surface area contributed by atoms with Crippen molar-refractivity contribution in [2.24, 2.45) is 4.99 Å². The zero-order valence-electron chi connectivity index (χ0n) is 18.5. The number of thiazole rings is 1. The van der Waals surface area contributed by atoms with E-state index in [4.69, 9.17) is 11.6 Å². The van der Waals surface area contributed by atoms with E-state index in [0.717, 1.165) is 23.1 Å². The molecule has 3 aromatic rings. The molecule has 0 aliphatic rings. The fourth-order valence-electron chi connectivity index (χ4n) is 2.68. The predicted molar refractivity (Wildman–Crippen MR) is 130 cm³/mol. The van der Waals surface area contributed by atoms with Crippen molar-refractivity contribution in [2.75, 3.05) is 5.32 Å². The largest absolute Gasteiger partial charge is 0.418 e. The fraction of sp³-hybridized carbons (Fsp3) is 0.136. The molecule has 0 unspecified atom stereocenters. The quantitative estimate of drug-likeness (QED) is 0.315. The van der Waals surface area contributed by atoms with Gasteiger partial charge in [0.25, 0.3) is 11.8 Å². The number of hydrogen-bond donors (Lipinski definition) is 2. The number of carbonyl (C=O) groups is 2. The SMILES string of the molecule is C=N/C=C\C=C(/C)c1cc(C(=O)NCc2ncc(C(=O)Nc3cc(C(F)(F)F)c(Cl)cn3)s2)ncn1. The van der Waals surface area contributed by atoms with E-state index in [2.05, 4.69) is 42.3 Å². The Bertz CT molecular complexity index is 1360. The average Bonchev–Trinajstić information content (AvgIpc) is 3.32. The number of amides is 2. The van der Waals surface area contributed by atoms with Crippen LogP contribution in [0, 0.1) is 0 Å². The Labute approximate surface area is 211 Å². The second-order valence-corrected chi connectivity index (χ2v) is 8.49. The number of pyridine rings is 1. The molecule has 3 heterocycles. The van der Waals surface area contributed by atoms with E-state index in [1.807, 2.05) is 6.92 Å². The van der Waals surface area contributed by atoms with Crippen molar-refractivity contribution in [3.05, 3.63) is 81.1 Å². The van der Waals surface area contributed by atoms with Crippen LogP contribution in [0.2, 0.25) is 5.02 Å². The van der Waals surface area contributed by atoms with Gasteiger partial charge in [-0.2, -0.15) is 13.2 Å². The molecule has 0 spiro atoms. The summed E-state index contributed by atoms with van der Waals surface area (Å²) in [6.45, 7) is 5.15. The molecule has 3 rings (SSSR count). The van der Waals surface area contributed by atoms with Crippen LogP contribution in [0.1, 0.15) is 43.3 Å². The van der Waals surface area contributed by atoms with Crippen molar-refractivity contribution in [2.45, 2.75) is 19.6 Å². The molecule has 0 aliphatic heterocycles. The second kappa shape index (κ2) is 11.6. The van der Waals surface area contributed by atoms with E-state index < -0.39 is 28.6 Å². The predicted octanol–water partition coefficient (Wildman–Crippen LogP) is 4.80. The maximum Gasteiger partial charge on any atom is 0.418 e. The minimum Gasteiger partial charge on any atom is -0.344 e. The van der Waals surface area contributed by atoms with Crippen molar-refractivity contribution in [1.82, 2.24) is 25.3 Å². The molecule has 0 fully saturated rings. The molecule has 36 heavy (non-hydrogen) atoms. The van der Waals surface area contributed by atoms with Gasteiger partial charge in [0, 0.05) is 12.4 Å². The molecule has 2 N–H and O–H groups in total. The van der Waals surface area contributed by atoms with E-state index >= 15 is 0 Å². The van der Waals surface area contributed by atoms with Crippen molar-refractivity contribution >= 4 is 52.9 Å². The van der Waals surface area contributed by atoms with Gasteiger partial charge < -0.3 is 10.6 Å². The normalized spacial score (nSPS) is 12.0. The lowest BCUT2D eigenvalue weighted by atomic mass is 10.1. The lowest BCUT2D eigenvalue weighted by Crippen LogP contribution is -2.24. The van der Waals surface area contributed by atoms with Gasteiger partial charge >= 0.3 is 6.18 Å². The summed E-state index contributed by atoms with van der Waals surface area (Å²) in [5.41, 5.74) is 0.328. The van der Waals surface area contributed by atoms with E-state index in [1.54, 1.807) is 12.2 Å². The summed E-state index contributed by atoms with van der Waals surface area (Å²) < 4.78 is 39.0. The highest BCUT2D eigenvalue weighted by molar-refractivity contribution is 7.13. The van der Waals surface area contributed by atoms with Gasteiger partial charge in [0.1, 0.15) is 27.7 Å². The van der Waals surface area contributed by atoms with Crippen LogP contribution >= 0.6 is 22.9 Å². The third kappa shape index (κ3) is 7.02. The maximum absolute atomic E-state index is 13.0. The number of nitrogens with zero attached hydrogens (tertiary/aromatic N) is 5. The first-order valence-corrected chi connectivity index (χ1v) is 11.2. The first-order valence-electron chi connectivity index (χ1n) is 9.97. The lowest BCUT2D eigenvalue weighted by molar-refractivity contribution is -0.137. The number of nitrogens with one attached hydrogen (secondary N) is 2. The van der Waals surface area contributed by atoms with Crippen LogP contribution in [0.4, 0.5) is 19.0 Å². The number of anilines is 1. The van der Waals surface area contributed by atoms with Crippen LogP contribution in [0.5, 0.6) is 0 Å². The summed E-state index contributed by atoms with van der Waals surface area (Å²) in [5, 5.41) is 4.73. The molecule has 0 saturated carbocycles. The smallest absolute Gasteiger partial charge is 0.344 e. The molecule has 186 valence electrons. The lowest BCUT2D eigenvalue weighted by Gasteiger charge is -2.10. The molecular formula is C22H17ClF3N7O2S. The number of halogens is 4. The standard InChI is InChI=1S/C22H17ClF3N7O2S/c1-12(4-3-5-27-2)15-7-16(32-11-31-15)20(34)30-10-19-29-9-17(36-19)21(35)33-18-6-13(22(24,25)26)14(23)8-28-18/h3-9,11H,2,10H2,1H3,(H,30,34)(H,28,33,35)/b5-3-,12-4+. The van der Waals surface area contributed by atoms with Crippen LogP contribution in [-0.2, 0) is 12.7 Å². The molecule has 0 aliphatic carbocycles. The summed E-state index contributed by atoms with van der Waals surface area (Å²) in [6.07, 6.45) is 3.55. The number of aliphatic imine (C=N–C) groups is 1. The molecule has 0 atom stereocenters. The zero-order valence-corrected chi connectivity index (χ0v) is 20.1. The number of aromatic nitrogens is 4. The van der Waals surface area contributed by atoms with Crippen molar-refractivity contribution in [3.63, 3.8) is 0 Å². The van der Waals surface area contributed by atoms with Gasteiger partial charge in [0.15, 0.2) is 0 Å². The highest BCUT2D eigenvalue weighted by Gasteiger charge is 2.34. The topological polar surface area (TPSA) is 122 Å². The molecule has 0 saturated heterocycles. The summed E-state index contributed by atoms with van der Waals surface area (Å²) in [7, 11) is 0. The van der Waals surface area contributed by atoms with Gasteiger partial charge in [-0.05, 0) is 37.4 Å². The van der Waals surface area contributed by atoms with Gasteiger partial charge in [-0.3, -0.25) is 14.6 Å². The van der Waals surface area contributed by atoms with E-state index in [1.165, 1.54) is 24.8 Å². The van der Waals surface area contributed by atoms with E-state index in [9.17, 15) is 22.8 Å².